The number of aromatic nitrogens is 1. The molecule has 4 aromatic rings. The van der Waals surface area contributed by atoms with E-state index in [4.69, 9.17) is 0 Å². The van der Waals surface area contributed by atoms with Gasteiger partial charge in [-0.3, -0.25) is 0 Å². The number of H-pyrrole nitrogens is 1. The molecule has 0 spiro atoms. The zero-order valence-corrected chi connectivity index (χ0v) is 20.5. The van der Waals surface area contributed by atoms with Gasteiger partial charge in [0.05, 0.1) is 5.41 Å². The number of phenols is 1. The third-order valence-electron chi connectivity index (χ3n) is 6.43. The van der Waals surface area contributed by atoms with E-state index in [0.29, 0.717) is 9.99 Å². The Morgan fingerprint density at radius 3 is 1.87 bits per heavy atom. The van der Waals surface area contributed by atoms with Crippen molar-refractivity contribution >= 4 is 26.8 Å². The third kappa shape index (κ3) is 4.32. The molecular formula is C26H17BrF9NO. The predicted molar refractivity (Wildman–Crippen MR) is 126 cm³/mol. The molecule has 0 saturated heterocycles. The Labute approximate surface area is 218 Å². The Kier molecular flexibility index (Phi) is 6.78. The lowest BCUT2D eigenvalue weighted by molar-refractivity contribution is -0.397. The van der Waals surface area contributed by atoms with Gasteiger partial charge in [-0.25, -0.2) is 0 Å². The van der Waals surface area contributed by atoms with Crippen molar-refractivity contribution in [3.63, 3.8) is 0 Å². The summed E-state index contributed by atoms with van der Waals surface area (Å²) in [6.07, 6.45) is -7.90. The molecule has 0 unspecified atom stereocenters. The summed E-state index contributed by atoms with van der Waals surface area (Å²) >= 11 is 3.24. The van der Waals surface area contributed by atoms with E-state index < -0.39 is 35.8 Å². The first-order chi connectivity index (χ1) is 17.5. The Hall–Kier alpha value is -3.15. The van der Waals surface area contributed by atoms with Gasteiger partial charge in [-0.1, -0.05) is 58.4 Å². The number of rotatable bonds is 7. The molecule has 38 heavy (non-hydrogen) atoms. The molecule has 2 N–H and O–H groups in total. The molecule has 0 amide bonds. The van der Waals surface area contributed by atoms with Crippen LogP contribution in [0.4, 0.5) is 39.5 Å². The van der Waals surface area contributed by atoms with E-state index in [1.54, 1.807) is 12.1 Å². The SMILES string of the molecule is Oc1ccc([C@](CC(F)(F)C(F)(F)C(F)(F)C(F)(F)F)(c2ccccc2)c2c[nH]c3ccc(Br)cc23)cc1. The van der Waals surface area contributed by atoms with E-state index in [1.807, 2.05) is 0 Å². The molecule has 12 heteroatoms. The van der Waals surface area contributed by atoms with Crippen LogP contribution in [0.15, 0.2) is 83.5 Å². The minimum atomic E-state index is -7.04. The lowest BCUT2D eigenvalue weighted by atomic mass is 9.65. The molecule has 3 aromatic carbocycles. The van der Waals surface area contributed by atoms with Crippen molar-refractivity contribution < 1.29 is 44.6 Å². The third-order valence-corrected chi connectivity index (χ3v) is 6.92. The summed E-state index contributed by atoms with van der Waals surface area (Å²) in [5, 5.41) is 10.0. The van der Waals surface area contributed by atoms with Crippen LogP contribution in [-0.4, -0.2) is 34.0 Å². The average Bonchev–Trinajstić information content (AvgIpc) is 3.26. The van der Waals surface area contributed by atoms with Crippen LogP contribution in [0, 0.1) is 0 Å². The first-order valence-corrected chi connectivity index (χ1v) is 11.7. The first kappa shape index (κ1) is 27.9. The molecule has 1 aromatic heterocycles. The van der Waals surface area contributed by atoms with Gasteiger partial charge >= 0.3 is 23.9 Å². The van der Waals surface area contributed by atoms with Crippen molar-refractivity contribution in [2.45, 2.75) is 35.8 Å². The topological polar surface area (TPSA) is 36.0 Å². The van der Waals surface area contributed by atoms with Gasteiger partial charge in [-0.05, 0) is 47.0 Å². The second-order valence-corrected chi connectivity index (χ2v) is 9.65. The number of hydrogen-bond acceptors (Lipinski definition) is 1. The predicted octanol–water partition coefficient (Wildman–Crippen LogP) is 8.83. The Bertz CT molecular complexity index is 1430. The fourth-order valence-corrected chi connectivity index (χ4v) is 4.90. The number of aromatic amines is 1. The summed E-state index contributed by atoms with van der Waals surface area (Å²) in [4.78, 5) is 2.82. The second-order valence-electron chi connectivity index (χ2n) is 8.74. The first-order valence-electron chi connectivity index (χ1n) is 10.9. The summed E-state index contributed by atoms with van der Waals surface area (Å²) < 4.78 is 127. The van der Waals surface area contributed by atoms with Gasteiger partial charge in [0.1, 0.15) is 5.75 Å². The highest BCUT2D eigenvalue weighted by Gasteiger charge is 2.82. The molecule has 0 aliphatic rings. The van der Waals surface area contributed by atoms with Gasteiger partial charge in [-0.2, -0.15) is 39.5 Å². The smallest absolute Gasteiger partial charge is 0.460 e. The number of aromatic hydroxyl groups is 1. The van der Waals surface area contributed by atoms with Gasteiger partial charge in [0.15, 0.2) is 0 Å². The molecule has 1 heterocycles. The summed E-state index contributed by atoms with van der Waals surface area (Å²) in [5.41, 5.74) is -2.36. The van der Waals surface area contributed by atoms with Crippen LogP contribution >= 0.6 is 15.9 Å². The van der Waals surface area contributed by atoms with Crippen LogP contribution in [-0.2, 0) is 5.41 Å². The van der Waals surface area contributed by atoms with Crippen LogP contribution in [0.1, 0.15) is 23.1 Å². The minimum Gasteiger partial charge on any atom is -0.508 e. The highest BCUT2D eigenvalue weighted by molar-refractivity contribution is 9.10. The molecule has 0 fully saturated rings. The van der Waals surface area contributed by atoms with Crippen molar-refractivity contribution in [1.82, 2.24) is 4.98 Å². The molecule has 0 aliphatic heterocycles. The molecule has 202 valence electrons. The molecule has 0 bridgehead atoms. The van der Waals surface area contributed by atoms with Crippen LogP contribution < -0.4 is 0 Å². The van der Waals surface area contributed by atoms with Crippen LogP contribution in [0.25, 0.3) is 10.9 Å². The number of benzene rings is 3. The van der Waals surface area contributed by atoms with Crippen molar-refractivity contribution in [3.8, 4) is 5.75 Å². The van der Waals surface area contributed by atoms with Gasteiger partial charge in [-0.15, -0.1) is 0 Å². The Balaban J connectivity index is 2.09. The maximum absolute atomic E-state index is 15.4. The maximum atomic E-state index is 15.4. The van der Waals surface area contributed by atoms with Crippen LogP contribution in [0.2, 0.25) is 0 Å². The van der Waals surface area contributed by atoms with Crippen LogP contribution in [0.5, 0.6) is 5.75 Å². The van der Waals surface area contributed by atoms with Gasteiger partial charge in [0.25, 0.3) is 0 Å². The summed E-state index contributed by atoms with van der Waals surface area (Å²) in [6.45, 7) is 0. The molecule has 0 aliphatic carbocycles. The minimum absolute atomic E-state index is 0.0858. The summed E-state index contributed by atoms with van der Waals surface area (Å²) in [6, 6.07) is 15.8. The summed E-state index contributed by atoms with van der Waals surface area (Å²) in [7, 11) is 0. The number of hydrogen-bond donors (Lipinski definition) is 2. The van der Waals surface area contributed by atoms with Crippen molar-refractivity contribution in [2.75, 3.05) is 0 Å². The van der Waals surface area contributed by atoms with Crippen molar-refractivity contribution in [3.05, 3.63) is 100 Å². The summed E-state index contributed by atoms with van der Waals surface area (Å²) in [5.74, 6) is -20.1. The quantitative estimate of drug-likeness (QED) is 0.202. The maximum Gasteiger partial charge on any atom is 0.460 e. The molecule has 0 saturated carbocycles. The van der Waals surface area contributed by atoms with E-state index in [-0.39, 0.29) is 27.8 Å². The van der Waals surface area contributed by atoms with Gasteiger partial charge in [0.2, 0.25) is 0 Å². The second kappa shape index (κ2) is 9.25. The van der Waals surface area contributed by atoms with Crippen molar-refractivity contribution in [1.29, 1.82) is 0 Å². The highest BCUT2D eigenvalue weighted by Crippen LogP contribution is 2.58. The number of nitrogens with one attached hydrogen (secondary N) is 1. The van der Waals surface area contributed by atoms with Crippen LogP contribution in [0.3, 0.4) is 0 Å². The average molecular weight is 610 g/mol. The van der Waals surface area contributed by atoms with E-state index in [9.17, 15) is 35.8 Å². The molecule has 2 nitrogen and oxygen atoms in total. The molecule has 0 radical (unpaired) electrons. The Morgan fingerprint density at radius 1 is 0.711 bits per heavy atom. The molecule has 4 rings (SSSR count). The fraction of sp³-hybridized carbons (Fsp3) is 0.231. The van der Waals surface area contributed by atoms with Gasteiger partial charge in [0, 0.05) is 28.0 Å². The zero-order valence-electron chi connectivity index (χ0n) is 18.9. The Morgan fingerprint density at radius 2 is 1.29 bits per heavy atom. The van der Waals surface area contributed by atoms with E-state index >= 15 is 8.78 Å². The van der Waals surface area contributed by atoms with Crippen molar-refractivity contribution in [2.24, 2.45) is 0 Å². The normalized spacial score (nSPS) is 15.0. The number of halogens is 10. The fourth-order valence-electron chi connectivity index (χ4n) is 4.54. The number of alkyl halides is 9. The van der Waals surface area contributed by atoms with E-state index in [2.05, 4.69) is 20.9 Å². The molecule has 1 atom stereocenters. The zero-order chi connectivity index (χ0) is 28.1. The highest BCUT2D eigenvalue weighted by atomic mass is 79.9. The van der Waals surface area contributed by atoms with E-state index in [0.717, 1.165) is 24.3 Å². The molecular weight excluding hydrogens is 593 g/mol. The van der Waals surface area contributed by atoms with E-state index in [1.165, 1.54) is 42.6 Å². The lowest BCUT2D eigenvalue weighted by Crippen LogP contribution is -2.62. The largest absolute Gasteiger partial charge is 0.508 e. The standard InChI is InChI=1S/C26H17BrF9NO/c27-17-8-11-21-19(12-17)20(13-37-21)22(15-4-2-1-3-5-15,16-6-9-18(38)10-7-16)14-23(28,29)24(30,31)25(32,33)26(34,35)36/h1-13,37-38H,14H2/t22-/m0/s1. The number of phenolic OH excluding ortho intramolecular Hbond substituents is 1. The van der Waals surface area contributed by atoms with Gasteiger partial charge < -0.3 is 10.1 Å². The lowest BCUT2D eigenvalue weighted by Gasteiger charge is -2.41. The monoisotopic (exact) mass is 609 g/mol. The number of fused-ring (bicyclic) bond motifs is 1.